The lowest BCUT2D eigenvalue weighted by Crippen LogP contribution is -2.33. The van der Waals surface area contributed by atoms with Crippen molar-refractivity contribution >= 4 is 5.91 Å². The van der Waals surface area contributed by atoms with Gasteiger partial charge in [0.15, 0.2) is 0 Å². The predicted molar refractivity (Wildman–Crippen MR) is 80.4 cm³/mol. The van der Waals surface area contributed by atoms with Crippen molar-refractivity contribution in [1.29, 1.82) is 0 Å². The number of carbonyl (C=O) groups is 1. The molecule has 1 aromatic carbocycles. The number of aliphatic hydroxyl groups is 1. The Morgan fingerprint density at radius 1 is 1.38 bits per heavy atom. The Morgan fingerprint density at radius 2 is 2.19 bits per heavy atom. The van der Waals surface area contributed by atoms with Gasteiger partial charge in [0.1, 0.15) is 0 Å². The molecule has 1 aliphatic rings. The summed E-state index contributed by atoms with van der Waals surface area (Å²) in [5, 5.41) is 11.7. The van der Waals surface area contributed by atoms with Crippen LogP contribution in [0.1, 0.15) is 30.4 Å². The Morgan fingerprint density at radius 3 is 2.95 bits per heavy atom. The van der Waals surface area contributed by atoms with Crippen molar-refractivity contribution in [2.24, 2.45) is 5.92 Å². The number of carbonyl (C=O) groups excluding carboxylic acids is 1. The Balaban J connectivity index is 1.86. The number of rotatable bonds is 4. The molecule has 1 saturated heterocycles. The Labute approximate surface area is 125 Å². The number of nitrogens with one attached hydrogen (secondary N) is 1. The lowest BCUT2D eigenvalue weighted by Gasteiger charge is -2.21. The average molecular weight is 287 g/mol. The minimum atomic E-state index is 0.0753. The topological polar surface area (TPSA) is 58.6 Å². The summed E-state index contributed by atoms with van der Waals surface area (Å²) >= 11 is 0. The molecule has 1 aromatic rings. The SMILES string of the molecule is O=C(NCc1cccc(C#CCCO)c1)C1CCOCC1. The fourth-order valence-electron chi connectivity index (χ4n) is 2.27. The van der Waals surface area contributed by atoms with Crippen LogP contribution in [0.25, 0.3) is 0 Å². The second kappa shape index (κ2) is 8.46. The molecule has 0 aliphatic carbocycles. The van der Waals surface area contributed by atoms with Crippen molar-refractivity contribution in [3.05, 3.63) is 35.4 Å². The third kappa shape index (κ3) is 5.22. The molecule has 0 atom stereocenters. The van der Waals surface area contributed by atoms with Crippen LogP contribution in [0.2, 0.25) is 0 Å². The van der Waals surface area contributed by atoms with Gasteiger partial charge in [0.25, 0.3) is 0 Å². The number of benzene rings is 1. The van der Waals surface area contributed by atoms with Crippen LogP contribution in [0.3, 0.4) is 0 Å². The van der Waals surface area contributed by atoms with Gasteiger partial charge in [-0.15, -0.1) is 0 Å². The summed E-state index contributed by atoms with van der Waals surface area (Å²) in [6.07, 6.45) is 2.09. The van der Waals surface area contributed by atoms with Gasteiger partial charge in [-0.25, -0.2) is 0 Å². The molecule has 21 heavy (non-hydrogen) atoms. The van der Waals surface area contributed by atoms with Gasteiger partial charge in [-0.2, -0.15) is 0 Å². The molecule has 0 saturated carbocycles. The number of amides is 1. The van der Waals surface area contributed by atoms with Gasteiger partial charge in [-0.3, -0.25) is 4.79 Å². The average Bonchev–Trinajstić information content (AvgIpc) is 2.54. The molecule has 1 amide bonds. The second-order valence-corrected chi connectivity index (χ2v) is 5.08. The zero-order chi connectivity index (χ0) is 14.9. The lowest BCUT2D eigenvalue weighted by atomic mass is 9.99. The fourth-order valence-corrected chi connectivity index (χ4v) is 2.27. The van der Waals surface area contributed by atoms with E-state index < -0.39 is 0 Å². The van der Waals surface area contributed by atoms with Crippen molar-refractivity contribution in [1.82, 2.24) is 5.32 Å². The van der Waals surface area contributed by atoms with Crippen LogP contribution in [0, 0.1) is 17.8 Å². The van der Waals surface area contributed by atoms with Crippen molar-refractivity contribution in [2.75, 3.05) is 19.8 Å². The third-order valence-electron chi connectivity index (χ3n) is 3.46. The lowest BCUT2D eigenvalue weighted by molar-refractivity contribution is -0.128. The maximum absolute atomic E-state index is 12.0. The Bertz CT molecular complexity index is 524. The van der Waals surface area contributed by atoms with Gasteiger partial charge < -0.3 is 15.2 Å². The highest BCUT2D eigenvalue weighted by Gasteiger charge is 2.20. The molecule has 0 unspecified atom stereocenters. The molecule has 0 radical (unpaired) electrons. The van der Waals surface area contributed by atoms with E-state index in [0.29, 0.717) is 26.2 Å². The molecule has 4 nitrogen and oxygen atoms in total. The first kappa shape index (κ1) is 15.6. The number of aliphatic hydroxyl groups excluding tert-OH is 1. The van der Waals surface area contributed by atoms with E-state index in [0.717, 1.165) is 24.0 Å². The standard InChI is InChI=1S/C17H21NO3/c19-9-2-1-4-14-5-3-6-15(12-14)13-18-17(20)16-7-10-21-11-8-16/h3,5-6,12,16,19H,2,7-11,13H2,(H,18,20). The Hall–Kier alpha value is -1.83. The van der Waals surface area contributed by atoms with E-state index in [-0.39, 0.29) is 18.4 Å². The largest absolute Gasteiger partial charge is 0.395 e. The number of ether oxygens (including phenoxy) is 1. The van der Waals surface area contributed by atoms with Crippen LogP contribution in [0.5, 0.6) is 0 Å². The summed E-state index contributed by atoms with van der Waals surface area (Å²) in [5.41, 5.74) is 1.94. The summed E-state index contributed by atoms with van der Waals surface area (Å²) in [5.74, 6) is 6.07. The molecular weight excluding hydrogens is 266 g/mol. The summed E-state index contributed by atoms with van der Waals surface area (Å²) in [6, 6.07) is 7.79. The Kier molecular flexibility index (Phi) is 6.26. The fraction of sp³-hybridized carbons (Fsp3) is 0.471. The maximum atomic E-state index is 12.0. The van der Waals surface area contributed by atoms with E-state index in [9.17, 15) is 4.79 Å². The molecule has 0 spiro atoms. The normalized spacial score (nSPS) is 15.1. The van der Waals surface area contributed by atoms with Crippen LogP contribution in [0.4, 0.5) is 0 Å². The van der Waals surface area contributed by atoms with E-state index in [1.807, 2.05) is 24.3 Å². The predicted octanol–water partition coefficient (Wildman–Crippen LogP) is 1.46. The second-order valence-electron chi connectivity index (χ2n) is 5.08. The van der Waals surface area contributed by atoms with Gasteiger partial charge >= 0.3 is 0 Å². The van der Waals surface area contributed by atoms with E-state index in [1.54, 1.807) is 0 Å². The summed E-state index contributed by atoms with van der Waals surface area (Å²) < 4.78 is 5.26. The summed E-state index contributed by atoms with van der Waals surface area (Å²) in [7, 11) is 0. The smallest absolute Gasteiger partial charge is 0.223 e. The van der Waals surface area contributed by atoms with Gasteiger partial charge in [0.05, 0.1) is 6.61 Å². The summed E-state index contributed by atoms with van der Waals surface area (Å²) in [6.45, 7) is 1.95. The minimum absolute atomic E-state index is 0.0753. The third-order valence-corrected chi connectivity index (χ3v) is 3.46. The first-order valence-electron chi connectivity index (χ1n) is 7.33. The highest BCUT2D eigenvalue weighted by atomic mass is 16.5. The highest BCUT2D eigenvalue weighted by molar-refractivity contribution is 5.78. The molecule has 2 N–H and O–H groups in total. The number of hydrogen-bond acceptors (Lipinski definition) is 3. The molecule has 1 heterocycles. The molecular formula is C17H21NO3. The van der Waals surface area contributed by atoms with Gasteiger partial charge in [-0.05, 0) is 30.5 Å². The molecule has 1 aliphatic heterocycles. The van der Waals surface area contributed by atoms with Gasteiger partial charge in [-0.1, -0.05) is 24.0 Å². The summed E-state index contributed by atoms with van der Waals surface area (Å²) in [4.78, 5) is 12.0. The van der Waals surface area contributed by atoms with E-state index in [1.165, 1.54) is 0 Å². The number of hydrogen-bond donors (Lipinski definition) is 2. The van der Waals surface area contributed by atoms with E-state index in [2.05, 4.69) is 17.2 Å². The molecule has 0 bridgehead atoms. The van der Waals surface area contributed by atoms with Crippen molar-refractivity contribution in [3.63, 3.8) is 0 Å². The zero-order valence-corrected chi connectivity index (χ0v) is 12.1. The zero-order valence-electron chi connectivity index (χ0n) is 12.1. The maximum Gasteiger partial charge on any atom is 0.223 e. The molecule has 1 fully saturated rings. The minimum Gasteiger partial charge on any atom is -0.395 e. The van der Waals surface area contributed by atoms with Crippen molar-refractivity contribution < 1.29 is 14.6 Å². The first-order valence-corrected chi connectivity index (χ1v) is 7.33. The van der Waals surface area contributed by atoms with Crippen molar-refractivity contribution in [3.8, 4) is 11.8 Å². The van der Waals surface area contributed by atoms with Crippen LogP contribution in [0.15, 0.2) is 24.3 Å². The van der Waals surface area contributed by atoms with Gasteiger partial charge in [0.2, 0.25) is 5.91 Å². The van der Waals surface area contributed by atoms with Crippen LogP contribution in [-0.4, -0.2) is 30.8 Å². The monoisotopic (exact) mass is 287 g/mol. The van der Waals surface area contributed by atoms with E-state index in [4.69, 9.17) is 9.84 Å². The quantitative estimate of drug-likeness (QED) is 0.824. The molecule has 2 rings (SSSR count). The molecule has 112 valence electrons. The van der Waals surface area contributed by atoms with Crippen LogP contribution in [-0.2, 0) is 16.1 Å². The highest BCUT2D eigenvalue weighted by Crippen LogP contribution is 2.14. The molecule has 0 aromatic heterocycles. The van der Waals surface area contributed by atoms with Gasteiger partial charge in [0, 0.05) is 37.7 Å². The van der Waals surface area contributed by atoms with Crippen LogP contribution < -0.4 is 5.32 Å². The van der Waals surface area contributed by atoms with Crippen molar-refractivity contribution in [2.45, 2.75) is 25.8 Å². The first-order chi connectivity index (χ1) is 10.3. The van der Waals surface area contributed by atoms with E-state index >= 15 is 0 Å². The van der Waals surface area contributed by atoms with Crippen LogP contribution >= 0.6 is 0 Å². The molecule has 4 heteroatoms.